The first-order chi connectivity index (χ1) is 17.4. The Morgan fingerprint density at radius 3 is 2.24 bits per heavy atom. The molecule has 0 bridgehead atoms. The van der Waals surface area contributed by atoms with Gasteiger partial charge in [-0.2, -0.15) is 0 Å². The molecule has 2 aromatic carbocycles. The average molecular weight is 569 g/mol. The Morgan fingerprint density at radius 2 is 1.68 bits per heavy atom. The molecule has 202 valence electrons. The van der Waals surface area contributed by atoms with Crippen LogP contribution < -0.4 is 9.62 Å². The fourth-order valence-electron chi connectivity index (χ4n) is 4.69. The molecule has 2 amide bonds. The minimum atomic E-state index is -3.81. The van der Waals surface area contributed by atoms with E-state index < -0.39 is 28.5 Å². The Morgan fingerprint density at radius 1 is 1.05 bits per heavy atom. The lowest BCUT2D eigenvalue weighted by Gasteiger charge is -2.33. The van der Waals surface area contributed by atoms with Gasteiger partial charge < -0.3 is 10.2 Å². The van der Waals surface area contributed by atoms with Crippen molar-refractivity contribution in [1.29, 1.82) is 0 Å². The Hall–Kier alpha value is -2.29. The molecule has 0 aliphatic heterocycles. The van der Waals surface area contributed by atoms with Crippen molar-refractivity contribution < 1.29 is 18.0 Å². The molecular weight excluding hydrogens is 533 g/mol. The van der Waals surface area contributed by atoms with Crippen molar-refractivity contribution in [3.05, 3.63) is 63.1 Å². The molecule has 37 heavy (non-hydrogen) atoms. The van der Waals surface area contributed by atoms with Crippen LogP contribution >= 0.6 is 23.2 Å². The molecule has 1 N–H and O–H groups in total. The van der Waals surface area contributed by atoms with Gasteiger partial charge in [0.05, 0.1) is 11.9 Å². The zero-order valence-electron chi connectivity index (χ0n) is 21.8. The lowest BCUT2D eigenvalue weighted by atomic mass is 9.95. The number of hydrogen-bond donors (Lipinski definition) is 1. The third-order valence-electron chi connectivity index (χ3n) is 6.81. The molecule has 0 heterocycles. The minimum Gasteiger partial charge on any atom is -0.352 e. The summed E-state index contributed by atoms with van der Waals surface area (Å²) in [6.07, 6.45) is 6.12. The Balaban J connectivity index is 1.94. The fraction of sp³-hybridized carbons (Fsp3) is 0.481. The number of benzene rings is 2. The predicted octanol–water partition coefficient (Wildman–Crippen LogP) is 5.24. The summed E-state index contributed by atoms with van der Waals surface area (Å²) in [5.74, 6) is -0.825. The van der Waals surface area contributed by atoms with Gasteiger partial charge in [-0.15, -0.1) is 0 Å². The number of nitrogens with zero attached hydrogens (tertiary/aromatic N) is 2. The van der Waals surface area contributed by atoms with Crippen molar-refractivity contribution in [2.45, 2.75) is 71.5 Å². The van der Waals surface area contributed by atoms with Gasteiger partial charge in [-0.1, -0.05) is 66.2 Å². The summed E-state index contributed by atoms with van der Waals surface area (Å²) in [5, 5.41) is 3.79. The second kappa shape index (κ2) is 12.5. The van der Waals surface area contributed by atoms with E-state index in [-0.39, 0.29) is 18.5 Å². The number of hydrogen-bond acceptors (Lipinski definition) is 4. The van der Waals surface area contributed by atoms with Crippen LogP contribution in [0.4, 0.5) is 5.69 Å². The molecule has 1 aliphatic rings. The van der Waals surface area contributed by atoms with Gasteiger partial charge in [0, 0.05) is 28.2 Å². The number of carbonyl (C=O) groups excluding carboxylic acids is 2. The zero-order chi connectivity index (χ0) is 27.3. The van der Waals surface area contributed by atoms with Crippen LogP contribution in [0.1, 0.15) is 55.7 Å². The molecule has 10 heteroatoms. The molecular formula is C27H35Cl2N3O4S. The Labute approximate surface area is 230 Å². The first-order valence-corrected chi connectivity index (χ1v) is 15.1. The van der Waals surface area contributed by atoms with Gasteiger partial charge in [0.15, 0.2) is 0 Å². The van der Waals surface area contributed by atoms with E-state index in [0.717, 1.165) is 53.8 Å². The van der Waals surface area contributed by atoms with Gasteiger partial charge in [-0.05, 0) is 57.4 Å². The Kier molecular flexibility index (Phi) is 9.89. The van der Waals surface area contributed by atoms with E-state index in [4.69, 9.17) is 23.2 Å². The quantitative estimate of drug-likeness (QED) is 0.448. The van der Waals surface area contributed by atoms with Crippen LogP contribution in [0.3, 0.4) is 0 Å². The normalized spacial score (nSPS) is 15.2. The maximum Gasteiger partial charge on any atom is 0.244 e. The van der Waals surface area contributed by atoms with Crippen LogP contribution in [0, 0.1) is 13.8 Å². The van der Waals surface area contributed by atoms with E-state index in [2.05, 4.69) is 5.32 Å². The number of aryl methyl sites for hydroxylation is 2. The molecule has 0 saturated heterocycles. The van der Waals surface area contributed by atoms with E-state index >= 15 is 0 Å². The number of halogens is 2. The molecule has 7 nitrogen and oxygen atoms in total. The lowest BCUT2D eigenvalue weighted by molar-refractivity contribution is -0.139. The number of amides is 2. The van der Waals surface area contributed by atoms with Gasteiger partial charge in [-0.3, -0.25) is 13.9 Å². The van der Waals surface area contributed by atoms with Crippen LogP contribution in [0.25, 0.3) is 0 Å². The third-order valence-corrected chi connectivity index (χ3v) is 8.64. The summed E-state index contributed by atoms with van der Waals surface area (Å²) >= 11 is 12.8. The monoisotopic (exact) mass is 567 g/mol. The van der Waals surface area contributed by atoms with Gasteiger partial charge in [0.25, 0.3) is 0 Å². The van der Waals surface area contributed by atoms with E-state index in [9.17, 15) is 18.0 Å². The van der Waals surface area contributed by atoms with Crippen molar-refractivity contribution in [1.82, 2.24) is 10.2 Å². The maximum atomic E-state index is 13.8. The van der Waals surface area contributed by atoms with E-state index in [1.807, 2.05) is 13.0 Å². The summed E-state index contributed by atoms with van der Waals surface area (Å²) in [5.41, 5.74) is 2.61. The molecule has 1 fully saturated rings. The molecule has 2 aromatic rings. The molecule has 0 spiro atoms. The number of carbonyl (C=O) groups is 2. The van der Waals surface area contributed by atoms with Crippen LogP contribution in [-0.4, -0.2) is 50.0 Å². The van der Waals surface area contributed by atoms with Crippen molar-refractivity contribution in [2.24, 2.45) is 0 Å². The average Bonchev–Trinajstić information content (AvgIpc) is 2.82. The van der Waals surface area contributed by atoms with Crippen molar-refractivity contribution in [3.8, 4) is 0 Å². The third kappa shape index (κ3) is 7.62. The van der Waals surface area contributed by atoms with Gasteiger partial charge in [0.1, 0.15) is 12.6 Å². The largest absolute Gasteiger partial charge is 0.352 e. The molecule has 0 aromatic heterocycles. The fourth-order valence-corrected chi connectivity index (χ4v) is 6.11. The van der Waals surface area contributed by atoms with Crippen LogP contribution in [-0.2, 0) is 26.2 Å². The van der Waals surface area contributed by atoms with Gasteiger partial charge in [-0.25, -0.2) is 8.42 Å². The summed E-state index contributed by atoms with van der Waals surface area (Å²) in [7, 11) is -3.81. The Bertz CT molecular complexity index is 1230. The maximum absolute atomic E-state index is 13.8. The number of sulfonamides is 1. The summed E-state index contributed by atoms with van der Waals surface area (Å²) < 4.78 is 26.7. The zero-order valence-corrected chi connectivity index (χ0v) is 24.1. The summed E-state index contributed by atoms with van der Waals surface area (Å²) in [4.78, 5) is 28.4. The van der Waals surface area contributed by atoms with E-state index in [0.29, 0.717) is 21.3 Å². The highest BCUT2D eigenvalue weighted by Crippen LogP contribution is 2.28. The predicted molar refractivity (Wildman–Crippen MR) is 150 cm³/mol. The van der Waals surface area contributed by atoms with Crippen molar-refractivity contribution in [3.63, 3.8) is 0 Å². The highest BCUT2D eigenvalue weighted by atomic mass is 35.5. The number of anilines is 1. The minimum absolute atomic E-state index is 0.0406. The van der Waals surface area contributed by atoms with Gasteiger partial charge >= 0.3 is 0 Å². The van der Waals surface area contributed by atoms with Gasteiger partial charge in [0.2, 0.25) is 21.8 Å². The molecule has 0 radical (unpaired) electrons. The second-order valence-electron chi connectivity index (χ2n) is 9.80. The van der Waals surface area contributed by atoms with E-state index in [1.165, 1.54) is 4.90 Å². The first-order valence-electron chi connectivity index (χ1n) is 12.5. The number of rotatable bonds is 9. The second-order valence-corrected chi connectivity index (χ2v) is 12.5. The van der Waals surface area contributed by atoms with Crippen LogP contribution in [0.15, 0.2) is 36.4 Å². The molecule has 3 rings (SSSR count). The van der Waals surface area contributed by atoms with Crippen LogP contribution in [0.2, 0.25) is 10.0 Å². The lowest BCUT2D eigenvalue weighted by Crippen LogP contribution is -2.53. The van der Waals surface area contributed by atoms with Crippen molar-refractivity contribution >= 4 is 50.7 Å². The highest BCUT2D eigenvalue weighted by Gasteiger charge is 2.32. The molecule has 1 atom stereocenters. The summed E-state index contributed by atoms with van der Waals surface area (Å²) in [6.45, 7) is 4.84. The summed E-state index contributed by atoms with van der Waals surface area (Å²) in [6, 6.07) is 9.56. The smallest absolute Gasteiger partial charge is 0.244 e. The molecule has 1 saturated carbocycles. The number of nitrogens with one attached hydrogen (secondary N) is 1. The van der Waals surface area contributed by atoms with E-state index in [1.54, 1.807) is 44.2 Å². The SMILES string of the molecule is Cc1ccc(N(CC(=O)N(Cc2c(Cl)cccc2Cl)C(C)C(=O)NC2CCCCC2)S(C)(=O)=O)c(C)c1. The standard InChI is InChI=1S/C27H35Cl2N3O4S/c1-18-13-14-25(19(2)15-18)32(37(4,35)36)17-26(33)31(16-22-23(28)11-8-12-24(22)29)20(3)27(34)30-21-9-6-5-7-10-21/h8,11-15,20-21H,5-7,9-10,16-17H2,1-4H3,(H,30,34). The van der Waals surface area contributed by atoms with Crippen molar-refractivity contribution in [2.75, 3.05) is 17.1 Å². The first kappa shape index (κ1) is 29.3. The van der Waals surface area contributed by atoms with Crippen LogP contribution in [0.5, 0.6) is 0 Å². The topological polar surface area (TPSA) is 86.8 Å². The molecule has 1 unspecified atom stereocenters. The highest BCUT2D eigenvalue weighted by molar-refractivity contribution is 7.92. The molecule has 1 aliphatic carbocycles.